The first-order valence-corrected chi connectivity index (χ1v) is 35.8. The first-order chi connectivity index (χ1) is 50.6. The fraction of sp³-hybridized carbons (Fsp3) is 0.553. The summed E-state index contributed by atoms with van der Waals surface area (Å²) in [7, 11) is 0. The first-order valence-electron chi connectivity index (χ1n) is 34.3. The molecule has 644 valence electrons. The standard InChI is InChI=1S/C69H98N18O12.7CH4.HN4.2O.2Tc/c1-41(2)27-50(28-42(3)4)82-67(96)57(31-51-36-75-40-79-51)83-59(89)37-78-69(98)62(43(5)6)87-63(92)44(7)80-66(95)56(30-47-35-76-53-16-12-11-15-52(47)53)86-65(94)54(21-22-58(72)88)85-68(97)55(29-45-13-9-8-10-14-45)84-61(91)39-99-38-60(90)81-49-19-17-46(18-20-49)32-77-64(93)48(33-73-25-23-70)34-74-26-24-71;;;;;;;;1-3-4-2;;;;/h8-20,35-36,40-44,48,50,54-57,62,70-71,76H,21-34,37-39H2,1-7H3,(H2,72,88)(H,75,79)(H,77,93)(H,78,98)(H,80,95)(H,81,90)(H,82,96)(H,83,89)(H,84,91)(H,85,97)(H,86,94)(H,87,92);7*1H4;1H;;;;/q-4;;;;;;;;-1;;;;/t44-,54-,55+,56-,57-,62-;;;;;;;;;;;;/m0............/s1/i;;;;;;;;;;;1+1;. The second kappa shape index (κ2) is 64.8. The monoisotopic (exact) mass is 1770 g/mol. The molecule has 2 heterocycles. The van der Waals surface area contributed by atoms with E-state index in [0.29, 0.717) is 58.3 Å². The number of hydrogen-bond acceptors (Lipinski definition) is 16. The van der Waals surface area contributed by atoms with Gasteiger partial charge >= 0.3 is 24.6 Å². The number of benzene rings is 3. The molecule has 0 aliphatic rings. The van der Waals surface area contributed by atoms with Crippen LogP contribution in [0, 0.1) is 29.2 Å². The molecule has 0 spiro atoms. The molecule has 0 aliphatic carbocycles. The minimum atomic E-state index is -1.91. The predicted octanol–water partition coefficient (Wildman–Crippen LogP) is 8.37. The third kappa shape index (κ3) is 46.0. The Morgan fingerprint density at radius 3 is 1.66 bits per heavy atom. The molecular formula is C76H127N22O14Tc2-5. The minimum absolute atomic E-state index is 0. The summed E-state index contributed by atoms with van der Waals surface area (Å²) in [5.74, 6) is -8.26. The molecule has 0 aliphatic heterocycles. The van der Waals surface area contributed by atoms with Crippen LogP contribution in [0.15, 0.2) is 108 Å². The molecule has 38 heteroatoms. The summed E-state index contributed by atoms with van der Waals surface area (Å²) >= 11 is -1.91. The van der Waals surface area contributed by atoms with E-state index in [1.165, 1.54) is 13.3 Å². The van der Waals surface area contributed by atoms with E-state index in [1.54, 1.807) is 99.0 Å². The number of hydrogen-bond donors (Lipinski definition) is 14. The van der Waals surface area contributed by atoms with E-state index in [-0.39, 0.29) is 142 Å². The molecule has 114 heavy (non-hydrogen) atoms. The molecule has 5 aromatic rings. The average molecular weight is 1770 g/mol. The van der Waals surface area contributed by atoms with Crippen molar-refractivity contribution in [1.29, 1.82) is 5.53 Å². The Bertz CT molecular complexity index is 3620. The second-order valence-corrected chi connectivity index (χ2v) is 26.0. The number of carbonyl (C=O) groups excluding carboxylic acids is 11. The van der Waals surface area contributed by atoms with Gasteiger partial charge in [0, 0.05) is 99.0 Å². The number of para-hydroxylation sites is 1. The van der Waals surface area contributed by atoms with Gasteiger partial charge in [-0.05, 0) is 78.8 Å². The van der Waals surface area contributed by atoms with Gasteiger partial charge in [0.1, 0.15) is 49.5 Å². The van der Waals surface area contributed by atoms with E-state index in [4.69, 9.17) is 40.0 Å². The van der Waals surface area contributed by atoms with Crippen molar-refractivity contribution in [3.05, 3.63) is 148 Å². The zero-order chi connectivity index (χ0) is 78.5. The molecule has 2 aromatic heterocycles. The van der Waals surface area contributed by atoms with Crippen LogP contribution in [0.5, 0.6) is 0 Å². The summed E-state index contributed by atoms with van der Waals surface area (Å²) in [5, 5.41) is 40.5. The molecular weight excluding hydrogens is 1640 g/mol. The molecule has 0 saturated carbocycles. The summed E-state index contributed by atoms with van der Waals surface area (Å²) in [5.41, 5.74) is 36.6. The number of anilines is 1. The number of H-pyrrole nitrogens is 2. The Balaban J connectivity index is -0.00000187. The van der Waals surface area contributed by atoms with E-state index in [0.717, 1.165) is 18.4 Å². The van der Waals surface area contributed by atoms with Gasteiger partial charge in [-0.25, -0.2) is 4.98 Å². The predicted molar refractivity (Wildman–Crippen MR) is 434 cm³/mol. The Morgan fingerprint density at radius 1 is 0.596 bits per heavy atom. The van der Waals surface area contributed by atoms with Gasteiger partial charge in [0.05, 0.1) is 12.9 Å². The van der Waals surface area contributed by atoms with Gasteiger partial charge in [-0.3, -0.25) is 68.7 Å². The number of ether oxygens (including phenoxy) is 1. The molecule has 1 radical (unpaired) electrons. The first kappa shape index (κ1) is 115. The van der Waals surface area contributed by atoms with Gasteiger partial charge < -0.3 is 101 Å². The fourth-order valence-corrected chi connectivity index (χ4v) is 10.7. The summed E-state index contributed by atoms with van der Waals surface area (Å²) in [6, 6.07) is 14.3. The molecule has 11 amide bonds. The molecule has 0 fully saturated rings. The number of nitrogens with one attached hydrogen (secondary N) is 15. The molecule has 3 aromatic carbocycles. The third-order valence-electron chi connectivity index (χ3n) is 15.7. The maximum absolute atomic E-state index is 14.6. The van der Waals surface area contributed by atoms with Gasteiger partial charge in [-0.2, -0.15) is 26.2 Å². The van der Waals surface area contributed by atoms with Crippen molar-refractivity contribution < 1.29 is 102 Å². The molecule has 5 rings (SSSR count). The van der Waals surface area contributed by atoms with Gasteiger partial charge in [-0.1, -0.05) is 154 Å². The van der Waals surface area contributed by atoms with Crippen molar-refractivity contribution in [3.63, 3.8) is 0 Å². The van der Waals surface area contributed by atoms with Crippen LogP contribution in [0.1, 0.15) is 149 Å². The molecule has 0 bridgehead atoms. The van der Waals surface area contributed by atoms with Crippen molar-refractivity contribution in [2.45, 2.75) is 194 Å². The third-order valence-corrected chi connectivity index (χ3v) is 15.7. The van der Waals surface area contributed by atoms with Crippen molar-refractivity contribution in [1.82, 2.24) is 62.8 Å². The van der Waals surface area contributed by atoms with Crippen LogP contribution in [0.2, 0.25) is 0 Å². The maximum atomic E-state index is 14.6. The topological polar surface area (TPSA) is 569 Å². The second-order valence-electron chi connectivity index (χ2n) is 25.7. The number of nitrogens with two attached hydrogens (primary N) is 1. The van der Waals surface area contributed by atoms with E-state index < -0.39 is 151 Å². The van der Waals surface area contributed by atoms with Crippen LogP contribution in [0.3, 0.4) is 0 Å². The molecule has 6 atom stereocenters. The van der Waals surface area contributed by atoms with E-state index in [2.05, 4.69) is 112 Å². The number of primary amides is 1. The zero-order valence-electron chi connectivity index (χ0n) is 60.8. The van der Waals surface area contributed by atoms with Crippen LogP contribution in [0.4, 0.5) is 5.69 Å². The van der Waals surface area contributed by atoms with E-state index in [9.17, 15) is 52.7 Å². The van der Waals surface area contributed by atoms with Gasteiger partial charge in [0.2, 0.25) is 65.0 Å². The number of amides is 11. The number of aromatic nitrogens is 3. The Kier molecular flexibility index (Phi) is 65.6. The van der Waals surface area contributed by atoms with Crippen molar-refractivity contribution in [2.24, 2.45) is 39.9 Å². The van der Waals surface area contributed by atoms with Crippen molar-refractivity contribution >= 4 is 81.6 Å². The molecule has 0 saturated heterocycles. The van der Waals surface area contributed by atoms with Gasteiger partial charge in [0.25, 0.3) is 0 Å². The van der Waals surface area contributed by atoms with Crippen LogP contribution in [-0.2, 0) is 128 Å². The average Bonchev–Trinajstić information content (AvgIpc) is 1.65. The van der Waals surface area contributed by atoms with Crippen LogP contribution in [0.25, 0.3) is 38.5 Å². The Morgan fingerprint density at radius 2 is 1.11 bits per heavy atom. The van der Waals surface area contributed by atoms with Crippen LogP contribution in [-0.4, -0.2) is 181 Å². The number of fused-ring (bicyclic) bond motifs is 1. The summed E-state index contributed by atoms with van der Waals surface area (Å²) in [4.78, 5) is 160. The number of imidazole rings is 1. The quantitative estimate of drug-likeness (QED) is 0.00988. The Hall–Kier alpha value is -9.52. The molecule has 36 nitrogen and oxygen atoms in total. The molecule has 17 N–H and O–H groups in total. The van der Waals surface area contributed by atoms with Gasteiger partial charge in [0.15, 0.2) is 0 Å². The van der Waals surface area contributed by atoms with Crippen molar-refractivity contribution in [3.8, 4) is 0 Å². The Labute approximate surface area is 694 Å². The number of rotatable bonds is 46. The molecule has 0 unspecified atom stereocenters. The number of carbonyl (C=O) groups is 11. The summed E-state index contributed by atoms with van der Waals surface area (Å²) in [6.45, 7) is 12.5. The number of nitrogens with zero attached hydrogens (tertiary/aromatic N) is 6. The van der Waals surface area contributed by atoms with Crippen LogP contribution >= 0.6 is 0 Å². The summed E-state index contributed by atoms with van der Waals surface area (Å²) < 4.78 is 22.4. The van der Waals surface area contributed by atoms with Crippen LogP contribution < -0.4 is 58.9 Å². The van der Waals surface area contributed by atoms with Crippen molar-refractivity contribution in [2.75, 3.05) is 64.3 Å². The number of aromatic amines is 2. The van der Waals surface area contributed by atoms with E-state index >= 15 is 0 Å². The normalized spacial score (nSPS) is 11.7. The van der Waals surface area contributed by atoms with Gasteiger partial charge in [-0.15, -0.1) is 13.1 Å². The zero-order valence-corrected chi connectivity index (χ0v) is 64.6. The SMILES string of the molecule is C.C.C.C.C.C.C.CC(C)CC(CC(C)C)NC(=O)[C@H](Cc1cnc[nH]1)NC(=O)CNC(=O)[C@@H](NC(=O)[C@H](C)NC(=O)[C@H](Cc1c[nH]c2ccccc12)NC(=O)[C@H](CCC(N)=O)NC(=O)[C@@H](Cc1ccccc1)NC(=O)COCC(=O)Nc1ccc(CNC(=O)C(C[N-]CC[NH-])C[N-]CC[NH-])cc1)C(C)C.[99Tc].[N-]=NN=N.[O]=[Tc]=[O]. The van der Waals surface area contributed by atoms with E-state index in [1.807, 2.05) is 11.3 Å². The summed E-state index contributed by atoms with van der Waals surface area (Å²) in [6.07, 6.45) is 5.17. The fourth-order valence-electron chi connectivity index (χ4n) is 10.7.